The fraction of sp³-hybridized carbons (Fsp3) is 0.500. The molecule has 1 aromatic carbocycles. The summed E-state index contributed by atoms with van der Waals surface area (Å²) in [5.41, 5.74) is 1.95. The summed E-state index contributed by atoms with van der Waals surface area (Å²) in [6, 6.07) is 7.74. The fourth-order valence-corrected chi connectivity index (χ4v) is 1.95. The molecular weight excluding hydrogens is 268 g/mol. The van der Waals surface area contributed by atoms with E-state index in [1.165, 1.54) is 7.11 Å². The van der Waals surface area contributed by atoms with E-state index in [0.29, 0.717) is 19.4 Å². The third-order valence-corrected chi connectivity index (χ3v) is 3.17. The topological polar surface area (TPSA) is 58.6 Å². The molecule has 0 fully saturated rings. The second kappa shape index (κ2) is 9.13. The first kappa shape index (κ1) is 17.2. The number of amides is 1. The SMILES string of the molecule is COC(=O)CCN(C)CCCC(=O)Nc1cccc(C)c1. The number of rotatable bonds is 8. The molecule has 0 aliphatic heterocycles. The zero-order chi connectivity index (χ0) is 15.7. The van der Waals surface area contributed by atoms with Crippen LogP contribution < -0.4 is 5.32 Å². The lowest BCUT2D eigenvalue weighted by atomic mass is 10.2. The van der Waals surface area contributed by atoms with Crippen molar-refractivity contribution in [1.82, 2.24) is 4.90 Å². The maximum absolute atomic E-state index is 11.8. The van der Waals surface area contributed by atoms with Crippen molar-refractivity contribution >= 4 is 17.6 Å². The zero-order valence-corrected chi connectivity index (χ0v) is 13.0. The van der Waals surface area contributed by atoms with Gasteiger partial charge in [0.25, 0.3) is 0 Å². The van der Waals surface area contributed by atoms with E-state index in [1.807, 2.05) is 43.1 Å². The third-order valence-electron chi connectivity index (χ3n) is 3.17. The minimum atomic E-state index is -0.209. The molecule has 0 saturated heterocycles. The molecule has 0 heterocycles. The van der Waals surface area contributed by atoms with Gasteiger partial charge in [0, 0.05) is 18.7 Å². The van der Waals surface area contributed by atoms with Crippen LogP contribution in [0.2, 0.25) is 0 Å². The number of benzene rings is 1. The second-order valence-corrected chi connectivity index (χ2v) is 5.15. The number of aryl methyl sites for hydroxylation is 1. The molecular formula is C16H24N2O3. The van der Waals surface area contributed by atoms with Gasteiger partial charge in [-0.1, -0.05) is 12.1 Å². The number of methoxy groups -OCH3 is 1. The minimum Gasteiger partial charge on any atom is -0.469 e. The van der Waals surface area contributed by atoms with Gasteiger partial charge >= 0.3 is 5.97 Å². The summed E-state index contributed by atoms with van der Waals surface area (Å²) in [4.78, 5) is 24.9. The number of hydrogen-bond donors (Lipinski definition) is 1. The Morgan fingerprint density at radius 1 is 1.24 bits per heavy atom. The van der Waals surface area contributed by atoms with Gasteiger partial charge in [-0.2, -0.15) is 0 Å². The molecule has 0 aromatic heterocycles. The lowest BCUT2D eigenvalue weighted by Crippen LogP contribution is -2.24. The predicted molar refractivity (Wildman–Crippen MR) is 83.2 cm³/mol. The third kappa shape index (κ3) is 7.46. The summed E-state index contributed by atoms with van der Waals surface area (Å²) in [5.74, 6) is -0.194. The summed E-state index contributed by atoms with van der Waals surface area (Å²) < 4.78 is 4.59. The van der Waals surface area contributed by atoms with Crippen LogP contribution in [0.5, 0.6) is 0 Å². The van der Waals surface area contributed by atoms with Crippen LogP contribution in [0.25, 0.3) is 0 Å². The Morgan fingerprint density at radius 3 is 2.67 bits per heavy atom. The van der Waals surface area contributed by atoms with Crippen molar-refractivity contribution in [1.29, 1.82) is 0 Å². The van der Waals surface area contributed by atoms with Crippen molar-refractivity contribution in [3.63, 3.8) is 0 Å². The average Bonchev–Trinajstić information content (AvgIpc) is 2.44. The molecule has 0 atom stereocenters. The molecule has 1 N–H and O–H groups in total. The highest BCUT2D eigenvalue weighted by molar-refractivity contribution is 5.90. The van der Waals surface area contributed by atoms with Gasteiger partial charge in [-0.25, -0.2) is 0 Å². The molecule has 0 aliphatic carbocycles. The van der Waals surface area contributed by atoms with E-state index >= 15 is 0 Å². The van der Waals surface area contributed by atoms with Crippen molar-refractivity contribution in [3.05, 3.63) is 29.8 Å². The molecule has 0 aliphatic rings. The minimum absolute atomic E-state index is 0.0157. The number of anilines is 1. The predicted octanol–water partition coefficient (Wildman–Crippen LogP) is 2.21. The van der Waals surface area contributed by atoms with Crippen molar-refractivity contribution in [2.75, 3.05) is 32.6 Å². The summed E-state index contributed by atoms with van der Waals surface area (Å²) in [6.07, 6.45) is 1.61. The quantitative estimate of drug-likeness (QED) is 0.746. The van der Waals surface area contributed by atoms with Gasteiger partial charge in [0.1, 0.15) is 0 Å². The van der Waals surface area contributed by atoms with Crippen LogP contribution in [0.15, 0.2) is 24.3 Å². The van der Waals surface area contributed by atoms with Gasteiger partial charge in [-0.05, 0) is 44.6 Å². The maximum Gasteiger partial charge on any atom is 0.306 e. The highest BCUT2D eigenvalue weighted by atomic mass is 16.5. The van der Waals surface area contributed by atoms with Crippen LogP contribution in [0.1, 0.15) is 24.8 Å². The number of carbonyl (C=O) groups is 2. The van der Waals surface area contributed by atoms with Crippen LogP contribution in [-0.4, -0.2) is 44.0 Å². The highest BCUT2D eigenvalue weighted by Crippen LogP contribution is 2.10. The number of carbonyl (C=O) groups excluding carboxylic acids is 2. The van der Waals surface area contributed by atoms with E-state index < -0.39 is 0 Å². The second-order valence-electron chi connectivity index (χ2n) is 5.15. The van der Waals surface area contributed by atoms with Crippen molar-refractivity contribution in [2.45, 2.75) is 26.2 Å². The zero-order valence-electron chi connectivity index (χ0n) is 13.0. The van der Waals surface area contributed by atoms with Gasteiger partial charge in [0.05, 0.1) is 13.5 Å². The Labute approximate surface area is 126 Å². The van der Waals surface area contributed by atoms with E-state index in [9.17, 15) is 9.59 Å². The molecule has 0 bridgehead atoms. The fourth-order valence-electron chi connectivity index (χ4n) is 1.95. The average molecular weight is 292 g/mol. The van der Waals surface area contributed by atoms with Crippen LogP contribution in [-0.2, 0) is 14.3 Å². The molecule has 1 rings (SSSR count). The first-order chi connectivity index (χ1) is 10.0. The van der Waals surface area contributed by atoms with Crippen molar-refractivity contribution < 1.29 is 14.3 Å². The molecule has 0 saturated carbocycles. The molecule has 0 unspecified atom stereocenters. The number of nitrogens with zero attached hydrogens (tertiary/aromatic N) is 1. The van der Waals surface area contributed by atoms with E-state index in [4.69, 9.17) is 0 Å². The maximum atomic E-state index is 11.8. The van der Waals surface area contributed by atoms with Gasteiger partial charge < -0.3 is 15.0 Å². The Balaban J connectivity index is 2.20. The Bertz CT molecular complexity index is 474. The molecule has 1 aromatic rings. The van der Waals surface area contributed by atoms with Crippen molar-refractivity contribution in [3.8, 4) is 0 Å². The molecule has 0 spiro atoms. The Morgan fingerprint density at radius 2 is 2.00 bits per heavy atom. The molecule has 21 heavy (non-hydrogen) atoms. The molecule has 0 radical (unpaired) electrons. The monoisotopic (exact) mass is 292 g/mol. The number of ether oxygens (including phenoxy) is 1. The summed E-state index contributed by atoms with van der Waals surface area (Å²) in [7, 11) is 3.32. The van der Waals surface area contributed by atoms with Crippen LogP contribution in [0.3, 0.4) is 0 Å². The standard InChI is InChI=1S/C16H24N2O3/c1-13-6-4-7-14(12-13)17-15(19)8-5-10-18(2)11-9-16(20)21-3/h4,6-7,12H,5,8-11H2,1-3H3,(H,17,19). The van der Waals surface area contributed by atoms with E-state index in [0.717, 1.165) is 24.2 Å². The van der Waals surface area contributed by atoms with E-state index in [1.54, 1.807) is 0 Å². The van der Waals surface area contributed by atoms with Gasteiger partial charge in [-0.15, -0.1) is 0 Å². The normalized spacial score (nSPS) is 10.5. The Hall–Kier alpha value is -1.88. The van der Waals surface area contributed by atoms with Crippen LogP contribution in [0, 0.1) is 6.92 Å². The molecule has 1 amide bonds. The number of nitrogens with one attached hydrogen (secondary N) is 1. The lowest BCUT2D eigenvalue weighted by Gasteiger charge is -2.15. The first-order valence-corrected chi connectivity index (χ1v) is 7.13. The Kier molecular flexibility index (Phi) is 7.46. The molecule has 5 heteroatoms. The first-order valence-electron chi connectivity index (χ1n) is 7.13. The van der Waals surface area contributed by atoms with Gasteiger partial charge in [-0.3, -0.25) is 9.59 Å². The lowest BCUT2D eigenvalue weighted by molar-refractivity contribution is -0.140. The summed E-state index contributed by atoms with van der Waals surface area (Å²) >= 11 is 0. The van der Waals surface area contributed by atoms with E-state index in [-0.39, 0.29) is 11.9 Å². The summed E-state index contributed by atoms with van der Waals surface area (Å²) in [5, 5.41) is 2.88. The molecule has 5 nitrogen and oxygen atoms in total. The van der Waals surface area contributed by atoms with Crippen LogP contribution in [0.4, 0.5) is 5.69 Å². The number of hydrogen-bond acceptors (Lipinski definition) is 4. The number of esters is 1. The molecule has 116 valence electrons. The van der Waals surface area contributed by atoms with Crippen LogP contribution >= 0.6 is 0 Å². The van der Waals surface area contributed by atoms with E-state index in [2.05, 4.69) is 10.1 Å². The highest BCUT2D eigenvalue weighted by Gasteiger charge is 2.06. The van der Waals surface area contributed by atoms with Gasteiger partial charge in [0.2, 0.25) is 5.91 Å². The van der Waals surface area contributed by atoms with Gasteiger partial charge in [0.15, 0.2) is 0 Å². The van der Waals surface area contributed by atoms with Crippen molar-refractivity contribution in [2.24, 2.45) is 0 Å². The largest absolute Gasteiger partial charge is 0.469 e. The smallest absolute Gasteiger partial charge is 0.306 e. The summed E-state index contributed by atoms with van der Waals surface area (Å²) in [6.45, 7) is 3.41.